The molecule has 2 aromatic rings. The molecule has 0 bridgehead atoms. The number of ether oxygens (including phenoxy) is 3. The van der Waals surface area contributed by atoms with E-state index in [0.717, 1.165) is 25.8 Å². The van der Waals surface area contributed by atoms with Crippen molar-refractivity contribution in [3.05, 3.63) is 59.2 Å². The number of fused-ring (bicyclic) bond motifs is 3. The molecule has 2 saturated heterocycles. The van der Waals surface area contributed by atoms with Gasteiger partial charge in [-0.25, -0.2) is 0 Å². The number of aromatic hydroxyl groups is 1. The van der Waals surface area contributed by atoms with Gasteiger partial charge in [-0.1, -0.05) is 50.2 Å². The standard InChI is InChI=1S/C27H33NO4.C2H6/c1-16-9-10-21(29)25-23(16)27-11-12-28(3)17(2)20(27)14-19-22(13-18-7-5-4-6-8-18)30-15-31-24(19)26(27)32-25;1-2/h4-10,17,19-20,22,24,26,29H,11-15H2,1-3H3;1-2H3/t17?,19?,20?,22?,24?,26-,27?;/m0./s1. The fourth-order valence-electron chi connectivity index (χ4n) is 7.27. The number of benzene rings is 2. The first-order valence-corrected chi connectivity index (χ1v) is 13.0. The van der Waals surface area contributed by atoms with Crippen molar-refractivity contribution in [2.75, 3.05) is 20.4 Å². The number of hydrogen-bond acceptors (Lipinski definition) is 5. The van der Waals surface area contributed by atoms with Crippen LogP contribution in [0.3, 0.4) is 0 Å². The predicted molar refractivity (Wildman–Crippen MR) is 133 cm³/mol. The van der Waals surface area contributed by atoms with Crippen LogP contribution in [0.15, 0.2) is 42.5 Å². The van der Waals surface area contributed by atoms with E-state index >= 15 is 0 Å². The Hall–Kier alpha value is -2.08. The molecular formula is C29H39NO4. The topological polar surface area (TPSA) is 51.2 Å². The summed E-state index contributed by atoms with van der Waals surface area (Å²) in [6.07, 6.45) is 2.94. The number of phenols is 1. The highest BCUT2D eigenvalue weighted by Crippen LogP contribution is 2.63. The molecule has 3 aliphatic heterocycles. The van der Waals surface area contributed by atoms with E-state index in [9.17, 15) is 5.11 Å². The minimum absolute atomic E-state index is 0.0319. The van der Waals surface area contributed by atoms with Crippen LogP contribution in [0.2, 0.25) is 0 Å². The lowest BCUT2D eigenvalue weighted by molar-refractivity contribution is -0.259. The summed E-state index contributed by atoms with van der Waals surface area (Å²) in [5.74, 6) is 1.62. The van der Waals surface area contributed by atoms with Crippen molar-refractivity contribution in [2.24, 2.45) is 11.8 Å². The van der Waals surface area contributed by atoms with E-state index in [4.69, 9.17) is 14.2 Å². The molecule has 5 nitrogen and oxygen atoms in total. The molecule has 0 aromatic heterocycles. The lowest BCUT2D eigenvalue weighted by Crippen LogP contribution is -2.68. The van der Waals surface area contributed by atoms with Gasteiger partial charge in [-0.15, -0.1) is 0 Å². The molecule has 34 heavy (non-hydrogen) atoms. The second-order valence-electron chi connectivity index (χ2n) is 10.3. The summed E-state index contributed by atoms with van der Waals surface area (Å²) >= 11 is 0. The largest absolute Gasteiger partial charge is 0.504 e. The number of likely N-dealkylation sites (tertiary alicyclic amines) is 1. The van der Waals surface area contributed by atoms with Gasteiger partial charge >= 0.3 is 0 Å². The Morgan fingerprint density at radius 3 is 2.62 bits per heavy atom. The second-order valence-corrected chi connectivity index (χ2v) is 10.3. The SMILES string of the molecule is CC.Cc1ccc(O)c2c1C13CCN(C)C(C)C1CC1C(Cc4ccccc4)OCOC1[C@@H]3O2. The molecule has 0 radical (unpaired) electrons. The van der Waals surface area contributed by atoms with Crippen molar-refractivity contribution in [1.29, 1.82) is 0 Å². The van der Waals surface area contributed by atoms with Crippen LogP contribution in [0.25, 0.3) is 0 Å². The highest BCUT2D eigenvalue weighted by atomic mass is 16.7. The van der Waals surface area contributed by atoms with E-state index in [2.05, 4.69) is 56.1 Å². The number of rotatable bonds is 2. The average molecular weight is 466 g/mol. The molecule has 6 unspecified atom stereocenters. The minimum atomic E-state index is -0.125. The minimum Gasteiger partial charge on any atom is -0.504 e. The molecule has 7 atom stereocenters. The zero-order valence-electron chi connectivity index (χ0n) is 21.2. The Morgan fingerprint density at radius 2 is 1.85 bits per heavy atom. The van der Waals surface area contributed by atoms with Crippen LogP contribution in [0.1, 0.15) is 50.3 Å². The maximum absolute atomic E-state index is 10.7. The molecule has 1 saturated carbocycles. The molecular weight excluding hydrogens is 426 g/mol. The number of phenolic OH excluding ortho intramolecular Hbond substituents is 1. The normalized spacial score (nSPS) is 36.1. The summed E-state index contributed by atoms with van der Waals surface area (Å²) in [6, 6.07) is 14.9. The fourth-order valence-corrected chi connectivity index (χ4v) is 7.27. The lowest BCUT2D eigenvalue weighted by atomic mass is 9.52. The summed E-state index contributed by atoms with van der Waals surface area (Å²) < 4.78 is 19.2. The molecule has 3 fully saturated rings. The fraction of sp³-hybridized carbons (Fsp3) is 0.586. The Labute approximate surface area is 204 Å². The van der Waals surface area contributed by atoms with Crippen LogP contribution in [-0.2, 0) is 21.3 Å². The second kappa shape index (κ2) is 9.18. The third-order valence-electron chi connectivity index (χ3n) is 8.93. The molecule has 5 heteroatoms. The molecule has 1 N–H and O–H groups in total. The first-order valence-electron chi connectivity index (χ1n) is 13.0. The summed E-state index contributed by atoms with van der Waals surface area (Å²) in [5, 5.41) is 10.7. The molecule has 4 aliphatic rings. The van der Waals surface area contributed by atoms with E-state index in [0.29, 0.717) is 24.5 Å². The highest BCUT2D eigenvalue weighted by molar-refractivity contribution is 5.58. The van der Waals surface area contributed by atoms with E-state index in [1.165, 1.54) is 16.7 Å². The van der Waals surface area contributed by atoms with E-state index in [1.807, 2.05) is 19.9 Å². The number of nitrogens with zero attached hydrogens (tertiary/aromatic N) is 1. The number of hydrogen-bond donors (Lipinski definition) is 1. The van der Waals surface area contributed by atoms with Gasteiger partial charge in [0.05, 0.1) is 6.10 Å². The van der Waals surface area contributed by atoms with E-state index < -0.39 is 0 Å². The molecule has 2 aromatic carbocycles. The zero-order chi connectivity index (χ0) is 24.0. The number of aryl methyl sites for hydroxylation is 1. The van der Waals surface area contributed by atoms with Gasteiger partial charge < -0.3 is 24.2 Å². The smallest absolute Gasteiger partial charge is 0.165 e. The summed E-state index contributed by atoms with van der Waals surface area (Å²) in [6.45, 7) is 9.84. The Morgan fingerprint density at radius 1 is 1.09 bits per heavy atom. The predicted octanol–water partition coefficient (Wildman–Crippen LogP) is 5.07. The Kier molecular flexibility index (Phi) is 6.38. The van der Waals surface area contributed by atoms with Crippen molar-refractivity contribution in [3.8, 4) is 11.5 Å². The Balaban J connectivity index is 0.00000117. The van der Waals surface area contributed by atoms with Crippen LogP contribution in [0.4, 0.5) is 0 Å². The third-order valence-corrected chi connectivity index (χ3v) is 8.93. The van der Waals surface area contributed by atoms with Crippen LogP contribution < -0.4 is 4.74 Å². The molecule has 0 amide bonds. The Bertz CT molecular complexity index is 1010. The molecule has 3 heterocycles. The first-order chi connectivity index (χ1) is 16.5. The van der Waals surface area contributed by atoms with Crippen LogP contribution in [0, 0.1) is 18.8 Å². The van der Waals surface area contributed by atoms with Gasteiger partial charge in [0.25, 0.3) is 0 Å². The van der Waals surface area contributed by atoms with Gasteiger partial charge in [-0.3, -0.25) is 0 Å². The van der Waals surface area contributed by atoms with Gasteiger partial charge in [0.15, 0.2) is 11.5 Å². The average Bonchev–Trinajstić information content (AvgIpc) is 3.23. The van der Waals surface area contributed by atoms with Crippen molar-refractivity contribution in [1.82, 2.24) is 4.90 Å². The van der Waals surface area contributed by atoms with Crippen molar-refractivity contribution < 1.29 is 19.3 Å². The molecule has 1 spiro atoms. The van der Waals surface area contributed by atoms with Crippen molar-refractivity contribution in [3.63, 3.8) is 0 Å². The maximum Gasteiger partial charge on any atom is 0.165 e. The summed E-state index contributed by atoms with van der Waals surface area (Å²) in [7, 11) is 2.24. The maximum atomic E-state index is 10.7. The third kappa shape index (κ3) is 3.47. The number of piperidine rings is 1. The summed E-state index contributed by atoms with van der Waals surface area (Å²) in [4.78, 5) is 2.49. The first kappa shape index (κ1) is 23.7. The van der Waals surface area contributed by atoms with E-state index in [-0.39, 0.29) is 35.4 Å². The quantitative estimate of drug-likeness (QED) is 0.671. The van der Waals surface area contributed by atoms with Crippen LogP contribution >= 0.6 is 0 Å². The van der Waals surface area contributed by atoms with E-state index in [1.54, 1.807) is 6.07 Å². The van der Waals surface area contributed by atoms with Crippen LogP contribution in [0.5, 0.6) is 11.5 Å². The van der Waals surface area contributed by atoms with Gasteiger partial charge in [0.1, 0.15) is 19.0 Å². The van der Waals surface area contributed by atoms with Crippen LogP contribution in [-0.4, -0.2) is 54.7 Å². The van der Waals surface area contributed by atoms with Gasteiger partial charge in [0, 0.05) is 22.9 Å². The van der Waals surface area contributed by atoms with Crippen molar-refractivity contribution in [2.45, 2.75) is 76.7 Å². The van der Waals surface area contributed by atoms with Crippen molar-refractivity contribution >= 4 is 0 Å². The monoisotopic (exact) mass is 465 g/mol. The summed E-state index contributed by atoms with van der Waals surface area (Å²) in [5.41, 5.74) is 3.61. The lowest BCUT2D eigenvalue weighted by Gasteiger charge is -2.59. The molecule has 184 valence electrons. The van der Waals surface area contributed by atoms with Gasteiger partial charge in [-0.2, -0.15) is 0 Å². The van der Waals surface area contributed by atoms with Gasteiger partial charge in [-0.05, 0) is 69.8 Å². The highest BCUT2D eigenvalue weighted by Gasteiger charge is 2.66. The zero-order valence-corrected chi connectivity index (χ0v) is 21.2. The van der Waals surface area contributed by atoms with Gasteiger partial charge in [0.2, 0.25) is 0 Å². The molecule has 1 aliphatic carbocycles. The molecule has 6 rings (SSSR count).